The molecule has 0 aromatic heterocycles. The second-order valence-electron chi connectivity index (χ2n) is 6.52. The Balaban J connectivity index is 2.02. The molecule has 1 unspecified atom stereocenters. The molecule has 0 radical (unpaired) electrons. The number of phenolic OH excluding ortho intramolecular Hbond substituents is 1. The van der Waals surface area contributed by atoms with E-state index in [1.807, 2.05) is 0 Å². The lowest BCUT2D eigenvalue weighted by Crippen LogP contribution is -2.48. The van der Waals surface area contributed by atoms with Gasteiger partial charge in [0.1, 0.15) is 11.4 Å². The van der Waals surface area contributed by atoms with E-state index in [4.69, 9.17) is 14.6 Å². The molecule has 1 N–H and O–H groups in total. The molecule has 1 aliphatic rings. The van der Waals surface area contributed by atoms with Crippen LogP contribution in [0.3, 0.4) is 0 Å². The van der Waals surface area contributed by atoms with Crippen LogP contribution in [0.4, 0.5) is 13.6 Å². The highest BCUT2D eigenvalue weighted by Gasteiger charge is 2.28. The van der Waals surface area contributed by atoms with Crippen molar-refractivity contribution in [3.8, 4) is 5.75 Å². The number of phenols is 1. The highest BCUT2D eigenvalue weighted by molar-refractivity contribution is 5.68. The van der Waals surface area contributed by atoms with Crippen molar-refractivity contribution in [3.05, 3.63) is 29.3 Å². The quantitative estimate of drug-likeness (QED) is 0.906. The van der Waals surface area contributed by atoms with E-state index in [0.29, 0.717) is 13.2 Å². The molecule has 1 fully saturated rings. The van der Waals surface area contributed by atoms with Crippen LogP contribution in [0.5, 0.6) is 5.75 Å². The molecule has 1 aromatic carbocycles. The first-order chi connectivity index (χ1) is 10.7. The number of morpholine rings is 1. The molecule has 1 aromatic rings. The van der Waals surface area contributed by atoms with Crippen LogP contribution in [-0.4, -0.2) is 47.5 Å². The van der Waals surface area contributed by atoms with Crippen molar-refractivity contribution in [2.24, 2.45) is 0 Å². The highest BCUT2D eigenvalue weighted by Crippen LogP contribution is 2.23. The zero-order valence-corrected chi connectivity index (χ0v) is 13.4. The monoisotopic (exact) mass is 329 g/mol. The molecule has 1 saturated heterocycles. The van der Waals surface area contributed by atoms with Gasteiger partial charge < -0.3 is 19.5 Å². The number of hydrogen-bond acceptors (Lipinski definition) is 4. The number of halogens is 2. The topological polar surface area (TPSA) is 59.0 Å². The molecule has 0 aliphatic carbocycles. The van der Waals surface area contributed by atoms with Gasteiger partial charge in [0.05, 0.1) is 19.3 Å². The average Bonchev–Trinajstić information content (AvgIpc) is 2.43. The van der Waals surface area contributed by atoms with Crippen LogP contribution in [0.2, 0.25) is 0 Å². The van der Waals surface area contributed by atoms with Crippen molar-refractivity contribution in [2.75, 3.05) is 19.7 Å². The van der Waals surface area contributed by atoms with Crippen molar-refractivity contribution >= 4 is 6.09 Å². The second kappa shape index (κ2) is 6.70. The third kappa shape index (κ3) is 4.79. The number of amides is 1. The lowest BCUT2D eigenvalue weighted by molar-refractivity contribution is -0.0417. The van der Waals surface area contributed by atoms with Gasteiger partial charge in [-0.05, 0) is 32.4 Å². The molecule has 0 bridgehead atoms. The summed E-state index contributed by atoms with van der Waals surface area (Å²) in [5, 5.41) is 9.14. The number of rotatable bonds is 2. The van der Waals surface area contributed by atoms with Gasteiger partial charge in [-0.15, -0.1) is 0 Å². The van der Waals surface area contributed by atoms with Crippen molar-refractivity contribution in [1.82, 2.24) is 4.90 Å². The SMILES string of the molecule is CC(C)(C)OC(=O)N1CCOC(Cc2cc(F)c(O)cc2F)C1. The summed E-state index contributed by atoms with van der Waals surface area (Å²) in [6, 6.07) is 1.68. The molecule has 0 saturated carbocycles. The third-order valence-electron chi connectivity index (χ3n) is 3.35. The van der Waals surface area contributed by atoms with E-state index in [9.17, 15) is 13.6 Å². The molecule has 23 heavy (non-hydrogen) atoms. The molecule has 1 atom stereocenters. The Morgan fingerprint density at radius 1 is 1.39 bits per heavy atom. The van der Waals surface area contributed by atoms with Gasteiger partial charge in [0, 0.05) is 19.0 Å². The van der Waals surface area contributed by atoms with E-state index in [1.54, 1.807) is 20.8 Å². The van der Waals surface area contributed by atoms with Crippen LogP contribution in [-0.2, 0) is 15.9 Å². The van der Waals surface area contributed by atoms with Crippen LogP contribution in [0.15, 0.2) is 12.1 Å². The summed E-state index contributed by atoms with van der Waals surface area (Å²) in [6.07, 6.45) is -0.819. The number of carbonyl (C=O) groups is 1. The Morgan fingerprint density at radius 3 is 2.74 bits per heavy atom. The van der Waals surface area contributed by atoms with E-state index >= 15 is 0 Å². The van der Waals surface area contributed by atoms with Gasteiger partial charge in [-0.1, -0.05) is 0 Å². The molecule has 5 nitrogen and oxygen atoms in total. The van der Waals surface area contributed by atoms with Gasteiger partial charge in [0.2, 0.25) is 0 Å². The molecular formula is C16H21F2NO4. The largest absolute Gasteiger partial charge is 0.505 e. The standard InChI is InChI=1S/C16H21F2NO4/c1-16(2,3)23-15(21)19-4-5-22-11(9-19)6-10-7-13(18)14(20)8-12(10)17/h7-8,11,20H,4-6,9H2,1-3H3. The summed E-state index contributed by atoms with van der Waals surface area (Å²) >= 11 is 0. The van der Waals surface area contributed by atoms with Crippen LogP contribution in [0.1, 0.15) is 26.3 Å². The Morgan fingerprint density at radius 2 is 2.09 bits per heavy atom. The Bertz CT molecular complexity index is 586. The summed E-state index contributed by atoms with van der Waals surface area (Å²) in [7, 11) is 0. The first-order valence-electron chi connectivity index (χ1n) is 7.42. The molecule has 2 rings (SSSR count). The maximum absolute atomic E-state index is 13.8. The van der Waals surface area contributed by atoms with Crippen molar-refractivity contribution in [2.45, 2.75) is 38.9 Å². The number of aromatic hydroxyl groups is 1. The van der Waals surface area contributed by atoms with Crippen molar-refractivity contribution in [1.29, 1.82) is 0 Å². The zero-order chi connectivity index (χ0) is 17.2. The van der Waals surface area contributed by atoms with E-state index in [-0.39, 0.29) is 18.5 Å². The summed E-state index contributed by atoms with van der Waals surface area (Å²) in [5.74, 6) is -2.32. The number of carbonyl (C=O) groups excluding carboxylic acids is 1. The summed E-state index contributed by atoms with van der Waals surface area (Å²) < 4.78 is 38.0. The number of ether oxygens (including phenoxy) is 2. The average molecular weight is 329 g/mol. The summed E-state index contributed by atoms with van der Waals surface area (Å²) in [4.78, 5) is 13.6. The number of nitrogens with zero attached hydrogens (tertiary/aromatic N) is 1. The highest BCUT2D eigenvalue weighted by atomic mass is 19.1. The lowest BCUT2D eigenvalue weighted by Gasteiger charge is -2.34. The Labute approximate surface area is 133 Å². The van der Waals surface area contributed by atoms with Crippen LogP contribution < -0.4 is 0 Å². The van der Waals surface area contributed by atoms with E-state index in [0.717, 1.165) is 12.1 Å². The minimum Gasteiger partial charge on any atom is -0.505 e. The van der Waals surface area contributed by atoms with E-state index < -0.39 is 35.2 Å². The van der Waals surface area contributed by atoms with E-state index in [1.165, 1.54) is 4.90 Å². The minimum absolute atomic E-state index is 0.0938. The zero-order valence-electron chi connectivity index (χ0n) is 13.4. The number of hydrogen-bond donors (Lipinski definition) is 1. The van der Waals surface area contributed by atoms with Gasteiger partial charge >= 0.3 is 6.09 Å². The van der Waals surface area contributed by atoms with Crippen LogP contribution in [0, 0.1) is 11.6 Å². The fraction of sp³-hybridized carbons (Fsp3) is 0.562. The normalized spacial score (nSPS) is 18.8. The first-order valence-corrected chi connectivity index (χ1v) is 7.42. The van der Waals surface area contributed by atoms with Crippen molar-refractivity contribution < 1.29 is 28.2 Å². The maximum Gasteiger partial charge on any atom is 0.410 e. The molecule has 0 spiro atoms. The van der Waals surface area contributed by atoms with Gasteiger partial charge in [-0.3, -0.25) is 0 Å². The smallest absolute Gasteiger partial charge is 0.410 e. The fourth-order valence-corrected chi connectivity index (χ4v) is 2.31. The van der Waals surface area contributed by atoms with Crippen molar-refractivity contribution in [3.63, 3.8) is 0 Å². The molecule has 1 aliphatic heterocycles. The van der Waals surface area contributed by atoms with Crippen LogP contribution in [0.25, 0.3) is 0 Å². The van der Waals surface area contributed by atoms with Gasteiger partial charge in [0.25, 0.3) is 0 Å². The van der Waals surface area contributed by atoms with Gasteiger partial charge in [0.15, 0.2) is 11.6 Å². The van der Waals surface area contributed by atoms with Crippen LogP contribution >= 0.6 is 0 Å². The molecule has 1 amide bonds. The molecule has 1 heterocycles. The maximum atomic E-state index is 13.8. The lowest BCUT2D eigenvalue weighted by atomic mass is 10.1. The van der Waals surface area contributed by atoms with Gasteiger partial charge in [-0.2, -0.15) is 0 Å². The summed E-state index contributed by atoms with van der Waals surface area (Å²) in [5.41, 5.74) is -0.506. The number of benzene rings is 1. The molecule has 7 heteroatoms. The second-order valence-corrected chi connectivity index (χ2v) is 6.52. The predicted molar refractivity (Wildman–Crippen MR) is 79.3 cm³/mol. The fourth-order valence-electron chi connectivity index (χ4n) is 2.31. The molecule has 128 valence electrons. The van der Waals surface area contributed by atoms with E-state index in [2.05, 4.69) is 0 Å². The molecular weight excluding hydrogens is 308 g/mol. The summed E-state index contributed by atoms with van der Waals surface area (Å²) in [6.45, 7) is 6.24. The first kappa shape index (κ1) is 17.5. The van der Waals surface area contributed by atoms with Gasteiger partial charge in [-0.25, -0.2) is 13.6 Å². The Kier molecular flexibility index (Phi) is 5.09. The predicted octanol–water partition coefficient (Wildman–Crippen LogP) is 2.85. The Hall–Kier alpha value is -1.89. The minimum atomic E-state index is -0.888. The third-order valence-corrected chi connectivity index (χ3v) is 3.35.